The number of phenolic OH excluding ortho intramolecular Hbond substituents is 3. The number of para-hydroxylation sites is 1. The van der Waals surface area contributed by atoms with Crippen LogP contribution in [0.1, 0.15) is 70.0 Å². The number of anilines is 1. The topological polar surface area (TPSA) is 269 Å². The number of allylic oxidation sites excluding steroid dienone is 2. The third-order valence-corrected chi connectivity index (χ3v) is 12.1. The van der Waals surface area contributed by atoms with Crippen molar-refractivity contribution in [3.05, 3.63) is 87.4 Å². The molecule has 3 aliphatic heterocycles. The van der Waals surface area contributed by atoms with E-state index >= 15 is 0 Å². The second-order valence-corrected chi connectivity index (χ2v) is 16.4. The van der Waals surface area contributed by atoms with Gasteiger partial charge < -0.3 is 54.9 Å². The quantitative estimate of drug-likeness (QED) is 0.0612. The lowest BCUT2D eigenvalue weighted by atomic mass is 9.78. The van der Waals surface area contributed by atoms with E-state index in [4.69, 9.17) is 18.9 Å². The van der Waals surface area contributed by atoms with Crippen LogP contribution in [0.15, 0.2) is 70.3 Å². The predicted octanol–water partition coefficient (Wildman–Crippen LogP) is 5.05. The van der Waals surface area contributed by atoms with Crippen LogP contribution in [0.2, 0.25) is 0 Å². The first-order valence-electron chi connectivity index (χ1n) is 20.5. The molecule has 64 heavy (non-hydrogen) atoms. The van der Waals surface area contributed by atoms with Crippen LogP contribution in [0.4, 0.5) is 5.69 Å². The van der Waals surface area contributed by atoms with Gasteiger partial charge in [-0.25, -0.2) is 0 Å². The number of phenols is 3. The zero-order chi connectivity index (χ0) is 47.1. The second kappa shape index (κ2) is 18.1. The Morgan fingerprint density at radius 3 is 2.30 bits per heavy atom. The Morgan fingerprint density at radius 1 is 0.938 bits per heavy atom. The number of nitrogens with one attached hydrogen (secondary N) is 1. The van der Waals surface area contributed by atoms with Gasteiger partial charge in [-0.3, -0.25) is 19.2 Å². The van der Waals surface area contributed by atoms with E-state index in [0.29, 0.717) is 4.68 Å². The number of carbonyl (C=O) groups is 3. The van der Waals surface area contributed by atoms with E-state index in [0.717, 1.165) is 12.5 Å². The van der Waals surface area contributed by atoms with Gasteiger partial charge in [-0.1, -0.05) is 58.1 Å². The van der Waals surface area contributed by atoms with E-state index in [2.05, 4.69) is 15.4 Å². The smallest absolute Gasteiger partial charge is 0.319 e. The van der Waals surface area contributed by atoms with Crippen LogP contribution in [0, 0.1) is 30.6 Å². The van der Waals surface area contributed by atoms with Crippen molar-refractivity contribution < 1.29 is 64.0 Å². The first-order chi connectivity index (χ1) is 30.1. The van der Waals surface area contributed by atoms with Crippen molar-refractivity contribution in [2.75, 3.05) is 12.4 Å². The SMILES string of the molecule is CO[C@@H]1C=CO[C@@]2(C)Oc3c(C)c(O)c4c(O)c(c(C=Nn5c(O)nc6ccccc6c5=O)c(O)c4c3C2=O)NC(=O)C(C)=CC=C[C@H](C)[C@H](O)[C@H](C)[C@H](O)[C@H](C)[C@@H](OC(C)=O)[C@H]1C. The molecular weight excluding hydrogens is 833 g/mol. The van der Waals surface area contributed by atoms with Gasteiger partial charge in [-0.05, 0) is 32.1 Å². The summed E-state index contributed by atoms with van der Waals surface area (Å²) in [5.41, 5.74) is -1.95. The largest absolute Gasteiger partial charge is 0.507 e. The number of benzene rings is 3. The van der Waals surface area contributed by atoms with Crippen LogP contribution < -0.4 is 15.6 Å². The Hall–Kier alpha value is -6.76. The highest BCUT2D eigenvalue weighted by atomic mass is 16.7. The number of esters is 1. The maximum absolute atomic E-state index is 14.5. The summed E-state index contributed by atoms with van der Waals surface area (Å²) in [4.78, 5) is 58.2. The lowest BCUT2D eigenvalue weighted by Gasteiger charge is -2.38. The number of aromatic hydroxyl groups is 4. The number of methoxy groups -OCH3 is 1. The molecule has 0 spiro atoms. The Kier molecular flexibility index (Phi) is 13.3. The monoisotopic (exact) mass is 884 g/mol. The maximum Gasteiger partial charge on any atom is 0.319 e. The first-order valence-corrected chi connectivity index (χ1v) is 20.5. The fraction of sp³-hybridized carbons (Fsp3) is 0.391. The molecule has 18 heteroatoms. The number of hydrogen-bond acceptors (Lipinski definition) is 16. The van der Waals surface area contributed by atoms with Gasteiger partial charge in [-0.15, -0.1) is 4.68 Å². The second-order valence-electron chi connectivity index (χ2n) is 16.4. The van der Waals surface area contributed by atoms with E-state index in [-0.39, 0.29) is 33.4 Å². The fourth-order valence-corrected chi connectivity index (χ4v) is 8.20. The average Bonchev–Trinajstić information content (AvgIpc) is 3.52. The number of ether oxygens (including phenoxy) is 4. The summed E-state index contributed by atoms with van der Waals surface area (Å²) in [6, 6.07) is 5.31. The highest BCUT2D eigenvalue weighted by Crippen LogP contribution is 2.55. The summed E-state index contributed by atoms with van der Waals surface area (Å²) < 4.78 is 24.0. The average molecular weight is 885 g/mol. The Bertz CT molecular complexity index is 2720. The van der Waals surface area contributed by atoms with Gasteiger partial charge in [0.25, 0.3) is 17.2 Å². The molecule has 0 saturated carbocycles. The number of hydrogen-bond donors (Lipinski definition) is 7. The summed E-state index contributed by atoms with van der Waals surface area (Å²) >= 11 is 0. The third-order valence-electron chi connectivity index (χ3n) is 12.1. The standard InChI is InChI=1S/C46H52N4O14/c1-20-13-12-14-21(2)43(58)49-34-28(19-47-50-44(59)27-15-10-11-16-29(27)48-45(50)60)38(55)31-32(39(34)56)37(54)25(6)41-33(31)42(57)46(8,64-41)62-18-17-30(61-9)22(3)40(63-26(7)51)24(5)36(53)23(4)35(20)52/h10-20,22-24,30,35-36,40,52-56H,1-9H3,(H,48,60)(H,49,58)/t20-,22-,23-,24-,30+,35-,36-,40-,46-/m0/s1. The van der Waals surface area contributed by atoms with Gasteiger partial charge in [-0.2, -0.15) is 10.1 Å². The molecule has 7 N–H and O–H groups in total. The number of ketones is 1. The zero-order valence-corrected chi connectivity index (χ0v) is 36.7. The van der Waals surface area contributed by atoms with E-state index < -0.39 is 122 Å². The van der Waals surface area contributed by atoms with Crippen LogP contribution in [0.3, 0.4) is 0 Å². The van der Waals surface area contributed by atoms with Gasteiger partial charge in [0.05, 0.1) is 63.9 Å². The maximum atomic E-state index is 14.5. The first kappa shape index (κ1) is 46.7. The minimum absolute atomic E-state index is 0.0447. The van der Waals surface area contributed by atoms with Crippen molar-refractivity contribution in [2.24, 2.45) is 28.8 Å². The summed E-state index contributed by atoms with van der Waals surface area (Å²) in [7, 11) is 1.40. The lowest BCUT2D eigenvalue weighted by molar-refractivity contribution is -0.160. The molecule has 0 fully saturated rings. The van der Waals surface area contributed by atoms with Crippen molar-refractivity contribution in [3.63, 3.8) is 0 Å². The van der Waals surface area contributed by atoms with Crippen LogP contribution in [-0.2, 0) is 23.8 Å². The number of nitrogens with zero attached hydrogens (tertiary/aromatic N) is 3. The molecule has 7 rings (SSSR count). The minimum atomic E-state index is -2.16. The molecule has 0 radical (unpaired) electrons. The van der Waals surface area contributed by atoms with Crippen LogP contribution in [-0.4, -0.2) is 101 Å². The molecule has 9 atom stereocenters. The molecule has 5 bridgehead atoms. The minimum Gasteiger partial charge on any atom is -0.507 e. The zero-order valence-electron chi connectivity index (χ0n) is 36.7. The molecule has 0 saturated heterocycles. The number of carbonyl (C=O) groups excluding carboxylic acids is 3. The number of fused-ring (bicyclic) bond motifs is 15. The summed E-state index contributed by atoms with van der Waals surface area (Å²) in [5, 5.41) is 75.2. The predicted molar refractivity (Wildman–Crippen MR) is 234 cm³/mol. The van der Waals surface area contributed by atoms with Crippen molar-refractivity contribution in [2.45, 2.75) is 85.6 Å². The van der Waals surface area contributed by atoms with Gasteiger partial charge in [0, 0.05) is 61.2 Å². The highest BCUT2D eigenvalue weighted by molar-refractivity contribution is 6.24. The van der Waals surface area contributed by atoms with E-state index in [1.54, 1.807) is 45.9 Å². The Labute approximate surface area is 367 Å². The highest BCUT2D eigenvalue weighted by Gasteiger charge is 2.50. The number of aromatic nitrogens is 2. The van der Waals surface area contributed by atoms with Crippen molar-refractivity contribution >= 4 is 51.2 Å². The van der Waals surface area contributed by atoms with E-state index in [9.17, 15) is 49.8 Å². The number of aliphatic hydroxyl groups is 2. The third kappa shape index (κ3) is 8.38. The summed E-state index contributed by atoms with van der Waals surface area (Å²) in [6.07, 6.45) is 3.86. The van der Waals surface area contributed by atoms with E-state index in [1.807, 2.05) is 0 Å². The van der Waals surface area contributed by atoms with Gasteiger partial charge in [0.15, 0.2) is 5.75 Å². The molecule has 4 aromatic rings. The molecule has 0 aliphatic carbocycles. The number of amides is 1. The van der Waals surface area contributed by atoms with Gasteiger partial charge in [0.1, 0.15) is 23.4 Å². The number of Topliss-reactive ketones (excluding diaryl/α,β-unsaturated/α-hetero) is 1. The summed E-state index contributed by atoms with van der Waals surface area (Å²) in [6.45, 7) is 12.1. The molecule has 1 aromatic heterocycles. The van der Waals surface area contributed by atoms with Crippen LogP contribution >= 0.6 is 0 Å². The molecule has 3 aromatic carbocycles. The van der Waals surface area contributed by atoms with Crippen LogP contribution in [0.25, 0.3) is 21.7 Å². The van der Waals surface area contributed by atoms with Crippen molar-refractivity contribution in [3.8, 4) is 29.0 Å². The lowest BCUT2D eigenvalue weighted by Crippen LogP contribution is -2.46. The molecular formula is C46H52N4O14. The molecule has 0 unspecified atom stereocenters. The number of rotatable bonds is 4. The molecule has 3 aliphatic rings. The van der Waals surface area contributed by atoms with Gasteiger partial charge >= 0.3 is 17.8 Å². The molecule has 1 amide bonds. The Morgan fingerprint density at radius 2 is 1.62 bits per heavy atom. The van der Waals surface area contributed by atoms with Crippen molar-refractivity contribution in [1.82, 2.24) is 9.66 Å². The molecule has 340 valence electrons. The van der Waals surface area contributed by atoms with Gasteiger partial charge in [0.2, 0.25) is 0 Å². The normalized spacial score (nSPS) is 26.9. The molecule has 18 nitrogen and oxygen atoms in total. The Balaban J connectivity index is 1.57. The van der Waals surface area contributed by atoms with E-state index in [1.165, 1.54) is 65.2 Å². The number of aliphatic hydroxyl groups excluding tert-OH is 2. The van der Waals surface area contributed by atoms with Crippen molar-refractivity contribution in [1.29, 1.82) is 0 Å². The fourth-order valence-electron chi connectivity index (χ4n) is 8.20. The summed E-state index contributed by atoms with van der Waals surface area (Å²) in [5.74, 6) is -9.66. The molecule has 4 heterocycles. The van der Waals surface area contributed by atoms with Crippen LogP contribution in [0.5, 0.6) is 29.0 Å².